The minimum atomic E-state index is -3.37. The zero-order valence-electron chi connectivity index (χ0n) is 14.2. The number of carbonyl (C=O) groups excluding carboxylic acids is 1. The highest BCUT2D eigenvalue weighted by Gasteiger charge is 2.33. The predicted octanol–water partition coefficient (Wildman–Crippen LogP) is 2.32. The van der Waals surface area contributed by atoms with E-state index in [4.69, 9.17) is 0 Å². The quantitative estimate of drug-likeness (QED) is 0.856. The highest BCUT2D eigenvalue weighted by Crippen LogP contribution is 2.29. The Morgan fingerprint density at radius 3 is 2.38 bits per heavy atom. The summed E-state index contributed by atoms with van der Waals surface area (Å²) in [5.74, 6) is 0.683. The molecule has 1 aliphatic carbocycles. The van der Waals surface area contributed by atoms with E-state index in [0.29, 0.717) is 42.8 Å². The predicted molar refractivity (Wildman–Crippen MR) is 93.1 cm³/mol. The van der Waals surface area contributed by atoms with Crippen LogP contribution in [-0.4, -0.2) is 37.8 Å². The molecule has 0 bridgehead atoms. The van der Waals surface area contributed by atoms with Gasteiger partial charge in [0, 0.05) is 25.6 Å². The molecule has 5 nitrogen and oxygen atoms in total. The number of hydrogen-bond acceptors (Lipinski definition) is 3. The van der Waals surface area contributed by atoms with Crippen LogP contribution in [0.4, 0.5) is 0 Å². The van der Waals surface area contributed by atoms with Gasteiger partial charge in [-0.3, -0.25) is 4.79 Å². The van der Waals surface area contributed by atoms with Crippen molar-refractivity contribution in [2.75, 3.05) is 13.1 Å². The van der Waals surface area contributed by atoms with Gasteiger partial charge in [-0.1, -0.05) is 25.5 Å². The van der Waals surface area contributed by atoms with Crippen LogP contribution in [0, 0.1) is 5.92 Å². The van der Waals surface area contributed by atoms with Crippen LogP contribution in [0.5, 0.6) is 0 Å². The maximum absolute atomic E-state index is 12.6. The lowest BCUT2D eigenvalue weighted by Gasteiger charge is -2.25. The van der Waals surface area contributed by atoms with E-state index in [1.54, 1.807) is 16.4 Å². The van der Waals surface area contributed by atoms with E-state index in [1.807, 2.05) is 12.1 Å². The minimum Gasteiger partial charge on any atom is -0.353 e. The van der Waals surface area contributed by atoms with Crippen molar-refractivity contribution in [1.29, 1.82) is 0 Å². The summed E-state index contributed by atoms with van der Waals surface area (Å²) >= 11 is 0. The molecule has 2 fully saturated rings. The molecular formula is C18H26N2O3S. The van der Waals surface area contributed by atoms with Crippen LogP contribution in [0.25, 0.3) is 0 Å². The third-order valence-electron chi connectivity index (χ3n) is 4.97. The fourth-order valence-corrected chi connectivity index (χ4v) is 4.66. The summed E-state index contributed by atoms with van der Waals surface area (Å²) in [6, 6.07) is 7.34. The maximum atomic E-state index is 12.6. The van der Waals surface area contributed by atoms with Crippen molar-refractivity contribution in [2.45, 2.75) is 56.4 Å². The van der Waals surface area contributed by atoms with Crippen LogP contribution in [0.2, 0.25) is 0 Å². The van der Waals surface area contributed by atoms with Crippen molar-refractivity contribution in [1.82, 2.24) is 9.62 Å². The Morgan fingerprint density at radius 2 is 1.79 bits per heavy atom. The SMILES string of the molecule is CC1CC1NC(=O)CCc1ccc(S(=O)(=O)N2CCCCC2)cc1. The summed E-state index contributed by atoms with van der Waals surface area (Å²) in [5.41, 5.74) is 0.992. The van der Waals surface area contributed by atoms with E-state index in [2.05, 4.69) is 12.2 Å². The second-order valence-corrected chi connectivity index (χ2v) is 8.93. The van der Waals surface area contributed by atoms with Gasteiger partial charge in [0.25, 0.3) is 0 Å². The van der Waals surface area contributed by atoms with E-state index in [0.717, 1.165) is 31.2 Å². The molecule has 2 atom stereocenters. The Kier molecular flexibility index (Phi) is 5.25. The molecule has 1 aliphatic heterocycles. The third kappa shape index (κ3) is 4.16. The van der Waals surface area contributed by atoms with Crippen LogP contribution in [-0.2, 0) is 21.2 Å². The van der Waals surface area contributed by atoms with Gasteiger partial charge in [-0.25, -0.2) is 8.42 Å². The fourth-order valence-electron chi connectivity index (χ4n) is 3.14. The van der Waals surface area contributed by atoms with E-state index >= 15 is 0 Å². The Bertz CT molecular complexity index is 679. The van der Waals surface area contributed by atoms with Crippen LogP contribution in [0.3, 0.4) is 0 Å². The molecular weight excluding hydrogens is 324 g/mol. The van der Waals surface area contributed by atoms with Gasteiger partial charge in [-0.05, 0) is 49.3 Å². The van der Waals surface area contributed by atoms with Gasteiger partial charge in [0.05, 0.1) is 4.90 Å². The topological polar surface area (TPSA) is 66.5 Å². The molecule has 3 rings (SSSR count). The lowest BCUT2D eigenvalue weighted by molar-refractivity contribution is -0.121. The summed E-state index contributed by atoms with van der Waals surface area (Å²) in [6.07, 6.45) is 5.14. The molecule has 2 unspecified atom stereocenters. The second-order valence-electron chi connectivity index (χ2n) is 7.00. The number of piperidine rings is 1. The number of rotatable bonds is 6. The standard InChI is InChI=1S/C18H26N2O3S/c1-14-13-17(14)19-18(21)10-7-15-5-8-16(9-6-15)24(22,23)20-11-3-2-4-12-20/h5-6,8-9,14,17H,2-4,7,10-13H2,1H3,(H,19,21). The van der Waals surface area contributed by atoms with Gasteiger partial charge in [0.1, 0.15) is 0 Å². The van der Waals surface area contributed by atoms with Gasteiger partial charge >= 0.3 is 0 Å². The first-order valence-electron chi connectivity index (χ1n) is 8.85. The second kappa shape index (κ2) is 7.23. The smallest absolute Gasteiger partial charge is 0.243 e. The maximum Gasteiger partial charge on any atom is 0.243 e. The molecule has 1 saturated heterocycles. The Hall–Kier alpha value is -1.40. The van der Waals surface area contributed by atoms with E-state index in [1.165, 1.54) is 0 Å². The third-order valence-corrected chi connectivity index (χ3v) is 6.89. The number of aryl methyl sites for hydroxylation is 1. The van der Waals surface area contributed by atoms with Crippen molar-refractivity contribution in [3.63, 3.8) is 0 Å². The number of amides is 1. The lowest BCUT2D eigenvalue weighted by atomic mass is 10.1. The normalized spacial score (nSPS) is 24.5. The summed E-state index contributed by atoms with van der Waals surface area (Å²) in [7, 11) is -3.37. The molecule has 1 saturated carbocycles. The molecule has 1 aromatic rings. The molecule has 0 radical (unpaired) electrons. The van der Waals surface area contributed by atoms with Gasteiger partial charge in [-0.2, -0.15) is 4.31 Å². The van der Waals surface area contributed by atoms with Gasteiger partial charge in [0.2, 0.25) is 15.9 Å². The van der Waals surface area contributed by atoms with Gasteiger partial charge < -0.3 is 5.32 Å². The molecule has 2 aliphatic rings. The number of nitrogens with zero attached hydrogens (tertiary/aromatic N) is 1. The summed E-state index contributed by atoms with van der Waals surface area (Å²) in [4.78, 5) is 12.2. The molecule has 6 heteroatoms. The first-order chi connectivity index (χ1) is 11.5. The average Bonchev–Trinajstić information content (AvgIpc) is 3.29. The number of benzene rings is 1. The zero-order chi connectivity index (χ0) is 17.2. The summed E-state index contributed by atoms with van der Waals surface area (Å²) in [6.45, 7) is 3.36. The first-order valence-corrected chi connectivity index (χ1v) is 10.3. The van der Waals surface area contributed by atoms with Crippen molar-refractivity contribution in [3.8, 4) is 0 Å². The average molecular weight is 350 g/mol. The molecule has 1 heterocycles. The molecule has 1 aromatic carbocycles. The van der Waals surface area contributed by atoms with Crippen molar-refractivity contribution in [2.24, 2.45) is 5.92 Å². The van der Waals surface area contributed by atoms with E-state index in [9.17, 15) is 13.2 Å². The van der Waals surface area contributed by atoms with E-state index < -0.39 is 10.0 Å². The van der Waals surface area contributed by atoms with E-state index in [-0.39, 0.29) is 5.91 Å². The first kappa shape index (κ1) is 17.4. The van der Waals surface area contributed by atoms with Gasteiger partial charge in [0.15, 0.2) is 0 Å². The molecule has 1 N–H and O–H groups in total. The van der Waals surface area contributed by atoms with Crippen molar-refractivity contribution < 1.29 is 13.2 Å². The monoisotopic (exact) mass is 350 g/mol. The summed E-state index contributed by atoms with van der Waals surface area (Å²) in [5, 5.41) is 3.01. The molecule has 1 amide bonds. The fraction of sp³-hybridized carbons (Fsp3) is 0.611. The molecule has 0 spiro atoms. The van der Waals surface area contributed by atoms with Crippen LogP contribution in [0.1, 0.15) is 44.6 Å². The van der Waals surface area contributed by atoms with Crippen LogP contribution < -0.4 is 5.32 Å². The Morgan fingerprint density at radius 1 is 1.17 bits per heavy atom. The van der Waals surface area contributed by atoms with Gasteiger partial charge in [-0.15, -0.1) is 0 Å². The largest absolute Gasteiger partial charge is 0.353 e. The molecule has 132 valence electrons. The molecule has 24 heavy (non-hydrogen) atoms. The van der Waals surface area contributed by atoms with Crippen LogP contribution >= 0.6 is 0 Å². The number of sulfonamides is 1. The molecule has 0 aromatic heterocycles. The zero-order valence-corrected chi connectivity index (χ0v) is 15.0. The minimum absolute atomic E-state index is 0.0781. The lowest BCUT2D eigenvalue weighted by Crippen LogP contribution is -2.35. The van der Waals surface area contributed by atoms with Crippen LogP contribution in [0.15, 0.2) is 29.2 Å². The number of nitrogens with one attached hydrogen (secondary N) is 1. The highest BCUT2D eigenvalue weighted by molar-refractivity contribution is 7.89. The Balaban J connectivity index is 1.55. The Labute approximate surface area is 144 Å². The number of hydrogen-bond donors (Lipinski definition) is 1. The van der Waals surface area contributed by atoms with Crippen molar-refractivity contribution >= 4 is 15.9 Å². The summed E-state index contributed by atoms with van der Waals surface area (Å²) < 4.78 is 26.7. The number of carbonyl (C=O) groups is 1. The highest BCUT2D eigenvalue weighted by atomic mass is 32.2. The van der Waals surface area contributed by atoms with Crippen molar-refractivity contribution in [3.05, 3.63) is 29.8 Å².